The summed E-state index contributed by atoms with van der Waals surface area (Å²) in [4.78, 5) is 0. The number of rotatable bonds is 9. The predicted octanol–water partition coefficient (Wildman–Crippen LogP) is -0.878. The van der Waals surface area contributed by atoms with Crippen LogP contribution in [0.15, 0.2) is 0 Å². The molecule has 0 atom stereocenters. The summed E-state index contributed by atoms with van der Waals surface area (Å²) in [5.41, 5.74) is 5.33. The molecule has 0 aliphatic rings. The molecule has 0 aromatic carbocycles. The molecule has 80 valence electrons. The lowest BCUT2D eigenvalue weighted by atomic mass is 10.4. The molecule has 0 aliphatic carbocycles. The van der Waals surface area contributed by atoms with Gasteiger partial charge in [0, 0.05) is 45.3 Å². The van der Waals surface area contributed by atoms with Gasteiger partial charge in [-0.15, -0.1) is 0 Å². The Morgan fingerprint density at radius 2 is 1.46 bits per heavy atom. The van der Waals surface area contributed by atoms with Crippen LogP contribution in [0.4, 0.5) is 0 Å². The summed E-state index contributed by atoms with van der Waals surface area (Å²) in [6.45, 7) is 10.0. The van der Waals surface area contributed by atoms with E-state index in [1.807, 2.05) is 0 Å². The standard InChI is InChI=1S/C9H24N4/c1-9(2)13-8-7-12-6-5-11-4-3-10/h9,11-13H,3-8,10H2,1-2H3. The first kappa shape index (κ1) is 12.8. The van der Waals surface area contributed by atoms with Gasteiger partial charge >= 0.3 is 0 Å². The van der Waals surface area contributed by atoms with Crippen LogP contribution in [0.5, 0.6) is 0 Å². The van der Waals surface area contributed by atoms with E-state index in [0.29, 0.717) is 6.04 Å². The fourth-order valence-corrected chi connectivity index (χ4v) is 0.978. The Morgan fingerprint density at radius 3 is 2.00 bits per heavy atom. The maximum Gasteiger partial charge on any atom is 0.00791 e. The van der Waals surface area contributed by atoms with Crippen LogP contribution in [-0.2, 0) is 0 Å². The lowest BCUT2D eigenvalue weighted by Gasteiger charge is -2.09. The zero-order chi connectivity index (χ0) is 9.94. The molecule has 0 saturated heterocycles. The zero-order valence-electron chi connectivity index (χ0n) is 8.90. The van der Waals surface area contributed by atoms with E-state index in [4.69, 9.17) is 5.73 Å². The molecule has 0 fully saturated rings. The van der Waals surface area contributed by atoms with E-state index in [2.05, 4.69) is 29.8 Å². The number of hydrogen-bond donors (Lipinski definition) is 4. The fourth-order valence-electron chi connectivity index (χ4n) is 0.978. The summed E-state index contributed by atoms with van der Waals surface area (Å²) in [5.74, 6) is 0. The van der Waals surface area contributed by atoms with Crippen LogP contribution in [0.3, 0.4) is 0 Å². The first-order valence-corrected chi connectivity index (χ1v) is 5.12. The quantitative estimate of drug-likeness (QED) is 0.355. The van der Waals surface area contributed by atoms with E-state index >= 15 is 0 Å². The normalized spacial score (nSPS) is 11.1. The summed E-state index contributed by atoms with van der Waals surface area (Å²) < 4.78 is 0. The third-order valence-electron chi connectivity index (χ3n) is 1.65. The van der Waals surface area contributed by atoms with Crippen molar-refractivity contribution in [3.05, 3.63) is 0 Å². The molecule has 0 spiro atoms. The molecule has 0 aromatic rings. The first-order valence-electron chi connectivity index (χ1n) is 5.12. The maximum absolute atomic E-state index is 5.33. The van der Waals surface area contributed by atoms with Crippen LogP contribution in [0, 0.1) is 0 Å². The van der Waals surface area contributed by atoms with E-state index in [1.165, 1.54) is 0 Å². The van der Waals surface area contributed by atoms with E-state index < -0.39 is 0 Å². The minimum absolute atomic E-state index is 0.581. The molecular weight excluding hydrogens is 164 g/mol. The SMILES string of the molecule is CC(C)NCCNCCNCCN. The van der Waals surface area contributed by atoms with Crippen LogP contribution in [-0.4, -0.2) is 45.3 Å². The van der Waals surface area contributed by atoms with Gasteiger partial charge in [-0.2, -0.15) is 0 Å². The van der Waals surface area contributed by atoms with Crippen molar-refractivity contribution in [3.63, 3.8) is 0 Å². The summed E-state index contributed by atoms with van der Waals surface area (Å²) in [6, 6.07) is 0.581. The van der Waals surface area contributed by atoms with E-state index in [9.17, 15) is 0 Å². The van der Waals surface area contributed by atoms with Gasteiger partial charge in [0.2, 0.25) is 0 Å². The van der Waals surface area contributed by atoms with E-state index in [-0.39, 0.29) is 0 Å². The Bertz CT molecular complexity index is 95.6. The van der Waals surface area contributed by atoms with Gasteiger partial charge in [-0.25, -0.2) is 0 Å². The molecule has 4 heteroatoms. The Hall–Kier alpha value is -0.160. The third kappa shape index (κ3) is 11.8. The average molecular weight is 188 g/mol. The van der Waals surface area contributed by atoms with Gasteiger partial charge in [-0.1, -0.05) is 13.8 Å². The molecule has 0 amide bonds. The van der Waals surface area contributed by atoms with Crippen LogP contribution in [0.1, 0.15) is 13.8 Å². The Kier molecular flexibility index (Phi) is 9.80. The van der Waals surface area contributed by atoms with Gasteiger partial charge in [-0.3, -0.25) is 0 Å². The van der Waals surface area contributed by atoms with E-state index in [1.54, 1.807) is 0 Å². The molecule has 13 heavy (non-hydrogen) atoms. The minimum Gasteiger partial charge on any atom is -0.329 e. The van der Waals surface area contributed by atoms with Crippen molar-refractivity contribution in [2.45, 2.75) is 19.9 Å². The van der Waals surface area contributed by atoms with Crippen molar-refractivity contribution in [1.82, 2.24) is 16.0 Å². The largest absolute Gasteiger partial charge is 0.329 e. The summed E-state index contributed by atoms with van der Waals surface area (Å²) >= 11 is 0. The number of nitrogens with two attached hydrogens (primary N) is 1. The van der Waals surface area contributed by atoms with Gasteiger partial charge in [0.05, 0.1) is 0 Å². The lowest BCUT2D eigenvalue weighted by Crippen LogP contribution is -2.35. The second-order valence-electron chi connectivity index (χ2n) is 3.40. The van der Waals surface area contributed by atoms with Crippen LogP contribution in [0.25, 0.3) is 0 Å². The highest BCUT2D eigenvalue weighted by Gasteiger charge is 1.90. The molecule has 0 unspecified atom stereocenters. The predicted molar refractivity (Wildman–Crippen MR) is 57.9 cm³/mol. The molecule has 0 heterocycles. The molecular formula is C9H24N4. The van der Waals surface area contributed by atoms with Crippen molar-refractivity contribution in [2.75, 3.05) is 39.3 Å². The van der Waals surface area contributed by atoms with Gasteiger partial charge in [-0.05, 0) is 0 Å². The fraction of sp³-hybridized carbons (Fsp3) is 1.00. The zero-order valence-corrected chi connectivity index (χ0v) is 8.90. The summed E-state index contributed by atoms with van der Waals surface area (Å²) in [6.07, 6.45) is 0. The summed E-state index contributed by atoms with van der Waals surface area (Å²) in [5, 5.41) is 9.91. The highest BCUT2D eigenvalue weighted by Crippen LogP contribution is 1.72. The van der Waals surface area contributed by atoms with Gasteiger partial charge in [0.25, 0.3) is 0 Å². The smallest absolute Gasteiger partial charge is 0.00791 e. The minimum atomic E-state index is 0.581. The Labute approximate surface area is 81.6 Å². The third-order valence-corrected chi connectivity index (χ3v) is 1.65. The molecule has 0 rings (SSSR count). The monoisotopic (exact) mass is 188 g/mol. The second kappa shape index (κ2) is 9.92. The molecule has 0 aromatic heterocycles. The second-order valence-corrected chi connectivity index (χ2v) is 3.40. The topological polar surface area (TPSA) is 62.1 Å². The average Bonchev–Trinajstić information content (AvgIpc) is 2.09. The molecule has 0 saturated carbocycles. The highest BCUT2D eigenvalue weighted by molar-refractivity contribution is 4.57. The van der Waals surface area contributed by atoms with Gasteiger partial charge in [0.1, 0.15) is 0 Å². The van der Waals surface area contributed by atoms with Gasteiger partial charge in [0.15, 0.2) is 0 Å². The Morgan fingerprint density at radius 1 is 0.923 bits per heavy atom. The number of nitrogens with one attached hydrogen (secondary N) is 3. The molecule has 0 aliphatic heterocycles. The molecule has 0 bridgehead atoms. The van der Waals surface area contributed by atoms with Crippen molar-refractivity contribution >= 4 is 0 Å². The van der Waals surface area contributed by atoms with E-state index in [0.717, 1.165) is 39.3 Å². The van der Waals surface area contributed by atoms with Crippen LogP contribution >= 0.6 is 0 Å². The van der Waals surface area contributed by atoms with Crippen molar-refractivity contribution in [3.8, 4) is 0 Å². The molecule has 0 radical (unpaired) electrons. The van der Waals surface area contributed by atoms with Crippen molar-refractivity contribution in [2.24, 2.45) is 5.73 Å². The molecule has 4 nitrogen and oxygen atoms in total. The molecule has 5 N–H and O–H groups in total. The van der Waals surface area contributed by atoms with Crippen LogP contribution < -0.4 is 21.7 Å². The lowest BCUT2D eigenvalue weighted by molar-refractivity contribution is 0.546. The Balaban J connectivity index is 2.84. The number of hydrogen-bond acceptors (Lipinski definition) is 4. The van der Waals surface area contributed by atoms with Gasteiger partial charge < -0.3 is 21.7 Å². The van der Waals surface area contributed by atoms with Crippen molar-refractivity contribution in [1.29, 1.82) is 0 Å². The maximum atomic E-state index is 5.33. The summed E-state index contributed by atoms with van der Waals surface area (Å²) in [7, 11) is 0. The van der Waals surface area contributed by atoms with Crippen LogP contribution in [0.2, 0.25) is 0 Å². The first-order chi connectivity index (χ1) is 6.27. The van der Waals surface area contributed by atoms with Crippen molar-refractivity contribution < 1.29 is 0 Å². The highest BCUT2D eigenvalue weighted by atomic mass is 15.0.